The first kappa shape index (κ1) is 30.9. The van der Waals surface area contributed by atoms with Crippen molar-refractivity contribution in [1.29, 1.82) is 0 Å². The van der Waals surface area contributed by atoms with Crippen LogP contribution in [0.5, 0.6) is 0 Å². The summed E-state index contributed by atoms with van der Waals surface area (Å²) in [4.78, 5) is 30.9. The highest BCUT2D eigenvalue weighted by molar-refractivity contribution is 7.47. The Hall–Kier alpha value is -1.35. The van der Waals surface area contributed by atoms with E-state index in [0.29, 0.717) is 0 Å². The zero-order chi connectivity index (χ0) is 27.2. The van der Waals surface area contributed by atoms with Gasteiger partial charge in [-0.1, -0.05) is 0 Å². The standard InChI is InChI=1S/C17H29O18P/c18-1-7-8(21)9(22)14(27)17(33-7)34-15-12(25)10(23)11(24)13(26)16(15)35-36(28,29)32-3-6(31-5-20)2-30-4-19/h4-18,21-27H,1-3H2,(H,28,29)/t6?,7-,8-,9+,10+,11+,12-,13-,14+,15-,16+,17-/m1/s1. The number of hydrogen-bond donors (Lipinski definition) is 9. The summed E-state index contributed by atoms with van der Waals surface area (Å²) < 4.78 is 41.2. The fourth-order valence-corrected chi connectivity index (χ4v) is 4.48. The molecule has 2 aliphatic rings. The summed E-state index contributed by atoms with van der Waals surface area (Å²) in [5.41, 5.74) is 0. The molecule has 0 amide bonds. The van der Waals surface area contributed by atoms with Gasteiger partial charge in [-0.25, -0.2) is 4.57 Å². The molecule has 210 valence electrons. The largest absolute Gasteiger partial charge is 0.472 e. The molecule has 19 heteroatoms. The molecule has 2 fully saturated rings. The summed E-state index contributed by atoms with van der Waals surface area (Å²) in [7, 11) is -5.24. The molecule has 1 heterocycles. The molecule has 0 radical (unpaired) electrons. The van der Waals surface area contributed by atoms with Gasteiger partial charge in [0.1, 0.15) is 67.6 Å². The van der Waals surface area contributed by atoms with Crippen molar-refractivity contribution in [1.82, 2.24) is 0 Å². The van der Waals surface area contributed by atoms with Crippen molar-refractivity contribution in [3.8, 4) is 0 Å². The molecule has 18 nitrogen and oxygen atoms in total. The Morgan fingerprint density at radius 3 is 1.94 bits per heavy atom. The number of hydrogen-bond acceptors (Lipinski definition) is 17. The number of carbonyl (C=O) groups excluding carboxylic acids is 2. The lowest BCUT2D eigenvalue weighted by molar-refractivity contribution is -0.338. The fourth-order valence-electron chi connectivity index (χ4n) is 3.51. The second-order valence-electron chi connectivity index (χ2n) is 7.88. The number of phosphoric ester groups is 1. The maximum absolute atomic E-state index is 12.5. The number of rotatable bonds is 13. The number of ether oxygens (including phenoxy) is 4. The molecule has 0 aromatic carbocycles. The first-order valence-electron chi connectivity index (χ1n) is 10.4. The van der Waals surface area contributed by atoms with Crippen LogP contribution < -0.4 is 0 Å². The Morgan fingerprint density at radius 1 is 0.806 bits per heavy atom. The highest BCUT2D eigenvalue weighted by Gasteiger charge is 2.55. The highest BCUT2D eigenvalue weighted by atomic mass is 31.2. The predicted octanol–water partition coefficient (Wildman–Crippen LogP) is -6.15. The molecular weight excluding hydrogens is 523 g/mol. The second kappa shape index (κ2) is 13.4. The zero-order valence-electron chi connectivity index (χ0n) is 18.4. The lowest BCUT2D eigenvalue weighted by Crippen LogP contribution is -2.67. The van der Waals surface area contributed by atoms with Crippen LogP contribution in [0.3, 0.4) is 0 Å². The highest BCUT2D eigenvalue weighted by Crippen LogP contribution is 2.47. The van der Waals surface area contributed by atoms with E-state index in [-0.39, 0.29) is 12.9 Å². The normalized spacial score (nSPS) is 41.6. The van der Waals surface area contributed by atoms with E-state index in [2.05, 4.69) is 14.0 Å². The van der Waals surface area contributed by atoms with Crippen molar-refractivity contribution < 1.29 is 87.9 Å². The first-order chi connectivity index (χ1) is 16.9. The second-order valence-corrected chi connectivity index (χ2v) is 9.28. The van der Waals surface area contributed by atoms with E-state index in [1.54, 1.807) is 0 Å². The summed E-state index contributed by atoms with van der Waals surface area (Å²) >= 11 is 0. The van der Waals surface area contributed by atoms with Crippen LogP contribution in [0, 0.1) is 0 Å². The van der Waals surface area contributed by atoms with Gasteiger partial charge < -0.3 is 64.7 Å². The van der Waals surface area contributed by atoms with Crippen LogP contribution in [0.2, 0.25) is 0 Å². The van der Waals surface area contributed by atoms with E-state index in [4.69, 9.17) is 14.0 Å². The van der Waals surface area contributed by atoms with Crippen LogP contribution in [0.4, 0.5) is 0 Å². The van der Waals surface area contributed by atoms with Crippen molar-refractivity contribution in [2.24, 2.45) is 0 Å². The third-order valence-corrected chi connectivity index (χ3v) is 6.45. The Labute approximate surface area is 202 Å². The van der Waals surface area contributed by atoms with Gasteiger partial charge in [0.15, 0.2) is 12.4 Å². The van der Waals surface area contributed by atoms with E-state index in [1.807, 2.05) is 0 Å². The summed E-state index contributed by atoms with van der Waals surface area (Å²) in [5.74, 6) is 0. The van der Waals surface area contributed by atoms with Gasteiger partial charge in [-0.15, -0.1) is 0 Å². The number of aliphatic hydroxyl groups excluding tert-OH is 8. The minimum absolute atomic E-state index is 0.00361. The molecule has 0 spiro atoms. The maximum Gasteiger partial charge on any atom is 0.472 e. The summed E-state index contributed by atoms with van der Waals surface area (Å²) in [6.45, 7) is -2.34. The number of carbonyl (C=O) groups is 2. The average molecular weight is 552 g/mol. The third kappa shape index (κ3) is 7.36. The minimum Gasteiger partial charge on any atom is -0.464 e. The van der Waals surface area contributed by atoms with Crippen LogP contribution in [-0.4, -0.2) is 152 Å². The first-order valence-corrected chi connectivity index (χ1v) is 11.9. The topological polar surface area (TPSA) is 289 Å². The van der Waals surface area contributed by atoms with Gasteiger partial charge in [-0.3, -0.25) is 18.6 Å². The molecule has 1 aliphatic heterocycles. The predicted molar refractivity (Wildman–Crippen MR) is 106 cm³/mol. The molecule has 36 heavy (non-hydrogen) atoms. The Kier molecular flexibility index (Phi) is 11.5. The van der Waals surface area contributed by atoms with Crippen LogP contribution in [-0.2, 0) is 42.1 Å². The van der Waals surface area contributed by atoms with Crippen LogP contribution in [0.25, 0.3) is 0 Å². The molecule has 0 aromatic heterocycles. The van der Waals surface area contributed by atoms with Crippen molar-refractivity contribution in [2.45, 2.75) is 73.4 Å². The quantitative estimate of drug-likeness (QED) is 0.0758. The van der Waals surface area contributed by atoms with Gasteiger partial charge in [-0.05, 0) is 0 Å². The van der Waals surface area contributed by atoms with Gasteiger partial charge in [-0.2, -0.15) is 0 Å². The van der Waals surface area contributed by atoms with E-state index in [1.165, 1.54) is 0 Å². The molecule has 1 saturated carbocycles. The summed E-state index contributed by atoms with van der Waals surface area (Å²) in [6, 6.07) is 0. The maximum atomic E-state index is 12.5. The summed E-state index contributed by atoms with van der Waals surface area (Å²) in [6.07, 6.45) is -23.2. The third-order valence-electron chi connectivity index (χ3n) is 5.46. The average Bonchev–Trinajstić information content (AvgIpc) is 2.85. The smallest absolute Gasteiger partial charge is 0.464 e. The SMILES string of the molecule is O=COCC(COP(=O)(O)O[C@H]1[C@H](O)[C@@H](O)[C@H](O)[C@@H](O)[C@H]1O[C@H]1O[C@H](CO)[C@@H](O)[C@H](O)[C@@H]1O)OC=O. The van der Waals surface area contributed by atoms with Gasteiger partial charge in [0.05, 0.1) is 13.2 Å². The molecule has 0 aromatic rings. The molecular formula is C17H29O18P. The van der Waals surface area contributed by atoms with E-state index < -0.39 is 101 Å². The molecule has 0 bridgehead atoms. The van der Waals surface area contributed by atoms with E-state index in [9.17, 15) is 59.9 Å². The zero-order valence-corrected chi connectivity index (χ0v) is 19.2. The molecule has 1 saturated heterocycles. The molecule has 9 N–H and O–H groups in total. The number of aliphatic hydroxyl groups is 8. The van der Waals surface area contributed by atoms with Crippen molar-refractivity contribution in [2.75, 3.05) is 19.8 Å². The van der Waals surface area contributed by atoms with Crippen molar-refractivity contribution in [3.05, 3.63) is 0 Å². The molecule has 13 atom stereocenters. The Bertz CT molecular complexity index is 753. The van der Waals surface area contributed by atoms with Gasteiger partial charge in [0.2, 0.25) is 0 Å². The van der Waals surface area contributed by atoms with E-state index >= 15 is 0 Å². The molecule has 2 rings (SSSR count). The fraction of sp³-hybridized carbons (Fsp3) is 0.882. The van der Waals surface area contributed by atoms with Gasteiger partial charge >= 0.3 is 7.82 Å². The minimum atomic E-state index is -5.24. The Balaban J connectivity index is 2.21. The monoisotopic (exact) mass is 552 g/mol. The van der Waals surface area contributed by atoms with Crippen LogP contribution >= 0.6 is 7.82 Å². The van der Waals surface area contributed by atoms with Crippen LogP contribution in [0.1, 0.15) is 0 Å². The lowest BCUT2D eigenvalue weighted by Gasteiger charge is -2.47. The molecule has 1 aliphatic carbocycles. The van der Waals surface area contributed by atoms with Gasteiger partial charge in [0.25, 0.3) is 12.9 Å². The summed E-state index contributed by atoms with van der Waals surface area (Å²) in [5, 5.41) is 80.0. The van der Waals surface area contributed by atoms with Crippen molar-refractivity contribution >= 4 is 20.8 Å². The van der Waals surface area contributed by atoms with E-state index in [0.717, 1.165) is 0 Å². The van der Waals surface area contributed by atoms with Crippen molar-refractivity contribution in [3.63, 3.8) is 0 Å². The molecule has 2 unspecified atom stereocenters. The Morgan fingerprint density at radius 2 is 1.39 bits per heavy atom. The number of phosphoric acid groups is 1. The van der Waals surface area contributed by atoms with Gasteiger partial charge in [0, 0.05) is 0 Å². The lowest BCUT2D eigenvalue weighted by atomic mass is 9.84. The van der Waals surface area contributed by atoms with Crippen LogP contribution in [0.15, 0.2) is 0 Å².